The van der Waals surface area contributed by atoms with Crippen molar-refractivity contribution < 1.29 is 23.9 Å². The molecule has 1 aromatic carbocycles. The Morgan fingerprint density at radius 2 is 1.70 bits per heavy atom. The molecule has 2 N–H and O–H groups in total. The zero-order valence-electron chi connectivity index (χ0n) is 13.7. The molecule has 126 valence electrons. The molecule has 0 bridgehead atoms. The molecule has 0 saturated carbocycles. The molecule has 0 aliphatic heterocycles. The Morgan fingerprint density at radius 1 is 1.09 bits per heavy atom. The van der Waals surface area contributed by atoms with Crippen molar-refractivity contribution in [3.8, 4) is 0 Å². The van der Waals surface area contributed by atoms with E-state index in [9.17, 15) is 14.4 Å². The number of ether oxygens (including phenoxy) is 2. The Morgan fingerprint density at radius 3 is 2.22 bits per heavy atom. The van der Waals surface area contributed by atoms with Gasteiger partial charge in [0, 0.05) is 6.42 Å². The van der Waals surface area contributed by atoms with Crippen LogP contribution in [-0.2, 0) is 30.5 Å². The van der Waals surface area contributed by atoms with Gasteiger partial charge in [0.25, 0.3) is 0 Å². The maximum Gasteiger partial charge on any atom is 0.320 e. The van der Waals surface area contributed by atoms with Crippen LogP contribution >= 0.6 is 0 Å². The molecule has 0 aliphatic rings. The van der Waals surface area contributed by atoms with Crippen molar-refractivity contribution in [3.05, 3.63) is 35.9 Å². The first-order chi connectivity index (χ1) is 10.7. The second-order valence-corrected chi connectivity index (χ2v) is 6.18. The maximum absolute atomic E-state index is 12.2. The summed E-state index contributed by atoms with van der Waals surface area (Å²) in [6.07, 6.45) is -0.123. The Hall–Kier alpha value is -2.37. The quantitative estimate of drug-likeness (QED) is 0.611. The molecule has 23 heavy (non-hydrogen) atoms. The van der Waals surface area contributed by atoms with Crippen molar-refractivity contribution >= 4 is 17.8 Å². The van der Waals surface area contributed by atoms with Crippen LogP contribution < -0.4 is 5.73 Å². The van der Waals surface area contributed by atoms with Gasteiger partial charge in [0.2, 0.25) is 5.91 Å². The number of esters is 2. The minimum atomic E-state index is -1.16. The van der Waals surface area contributed by atoms with Crippen molar-refractivity contribution in [3.63, 3.8) is 0 Å². The number of amides is 1. The maximum atomic E-state index is 12.2. The van der Waals surface area contributed by atoms with E-state index < -0.39 is 29.4 Å². The smallest absolute Gasteiger partial charge is 0.320 e. The molecule has 6 nitrogen and oxygen atoms in total. The van der Waals surface area contributed by atoms with E-state index in [1.165, 1.54) is 0 Å². The summed E-state index contributed by atoms with van der Waals surface area (Å²) in [5, 5.41) is 0. The van der Waals surface area contributed by atoms with Crippen LogP contribution in [0, 0.1) is 5.92 Å². The zero-order valence-corrected chi connectivity index (χ0v) is 13.7. The summed E-state index contributed by atoms with van der Waals surface area (Å²) >= 11 is 0. The predicted molar refractivity (Wildman–Crippen MR) is 84.0 cm³/mol. The second kappa shape index (κ2) is 8.31. The number of carbonyl (C=O) groups excluding carboxylic acids is 3. The van der Waals surface area contributed by atoms with Crippen LogP contribution in [0.15, 0.2) is 30.3 Å². The monoisotopic (exact) mass is 321 g/mol. The Kier molecular flexibility index (Phi) is 6.75. The minimum absolute atomic E-state index is 0.0299. The molecule has 0 saturated heterocycles. The third-order valence-corrected chi connectivity index (χ3v) is 2.88. The summed E-state index contributed by atoms with van der Waals surface area (Å²) < 4.78 is 10.4. The molecule has 0 spiro atoms. The summed E-state index contributed by atoms with van der Waals surface area (Å²) in [6, 6.07) is 9.10. The molecule has 6 heteroatoms. The largest absolute Gasteiger partial charge is 0.460 e. The van der Waals surface area contributed by atoms with Gasteiger partial charge in [-0.3, -0.25) is 14.4 Å². The molecule has 1 rings (SSSR count). The lowest BCUT2D eigenvalue weighted by Gasteiger charge is -2.23. The molecule has 1 aromatic rings. The third-order valence-electron chi connectivity index (χ3n) is 2.88. The molecule has 0 aromatic heterocycles. The van der Waals surface area contributed by atoms with E-state index in [-0.39, 0.29) is 19.4 Å². The Bertz CT molecular complexity index is 548. The van der Waals surface area contributed by atoms with E-state index in [2.05, 4.69) is 0 Å². The molecule has 1 atom stereocenters. The van der Waals surface area contributed by atoms with E-state index >= 15 is 0 Å². The first-order valence-electron chi connectivity index (χ1n) is 7.41. The fourth-order valence-corrected chi connectivity index (χ4v) is 1.82. The number of carbonyl (C=O) groups is 3. The highest BCUT2D eigenvalue weighted by Crippen LogP contribution is 2.17. The van der Waals surface area contributed by atoms with Gasteiger partial charge in [0.05, 0.1) is 0 Å². The van der Waals surface area contributed by atoms with Crippen molar-refractivity contribution in [2.75, 3.05) is 0 Å². The van der Waals surface area contributed by atoms with Gasteiger partial charge in [-0.2, -0.15) is 0 Å². The summed E-state index contributed by atoms with van der Waals surface area (Å²) in [7, 11) is 0. The number of benzene rings is 1. The summed E-state index contributed by atoms with van der Waals surface area (Å²) in [5.41, 5.74) is 5.16. The second-order valence-electron chi connectivity index (χ2n) is 6.18. The first kappa shape index (κ1) is 18.7. The Balaban J connectivity index is 2.71. The van der Waals surface area contributed by atoms with E-state index in [0.717, 1.165) is 5.56 Å². The van der Waals surface area contributed by atoms with Crippen LogP contribution in [0.2, 0.25) is 0 Å². The molecule has 0 fully saturated rings. The highest BCUT2D eigenvalue weighted by atomic mass is 16.6. The van der Waals surface area contributed by atoms with Gasteiger partial charge in [0.1, 0.15) is 12.2 Å². The predicted octanol–water partition coefficient (Wildman–Crippen LogP) is 1.95. The standard InChI is InChI=1S/C17H23NO5/c1-17(2,3)23-16(21)13(9-10-14(18)19)15(20)22-11-12-7-5-4-6-8-12/h4-8,13H,9-11H2,1-3H3,(H2,18,19)/t13-/m0/s1. The van der Waals surface area contributed by atoms with Crippen LogP contribution in [0.3, 0.4) is 0 Å². The number of rotatable bonds is 7. The third kappa shape index (κ3) is 7.44. The summed E-state index contributed by atoms with van der Waals surface area (Å²) in [5.74, 6) is -3.18. The van der Waals surface area contributed by atoms with Gasteiger partial charge in [-0.15, -0.1) is 0 Å². The van der Waals surface area contributed by atoms with Crippen LogP contribution in [0.25, 0.3) is 0 Å². The van der Waals surface area contributed by atoms with Gasteiger partial charge >= 0.3 is 11.9 Å². The average molecular weight is 321 g/mol. The molecule has 1 amide bonds. The van der Waals surface area contributed by atoms with Crippen molar-refractivity contribution in [2.24, 2.45) is 11.7 Å². The van der Waals surface area contributed by atoms with Crippen LogP contribution in [0.4, 0.5) is 0 Å². The van der Waals surface area contributed by atoms with Gasteiger partial charge < -0.3 is 15.2 Å². The number of hydrogen-bond donors (Lipinski definition) is 1. The summed E-state index contributed by atoms with van der Waals surface area (Å²) in [4.78, 5) is 35.3. The van der Waals surface area contributed by atoms with Crippen LogP contribution in [0.5, 0.6) is 0 Å². The molecule has 0 aliphatic carbocycles. The highest BCUT2D eigenvalue weighted by molar-refractivity contribution is 5.95. The SMILES string of the molecule is CC(C)(C)OC(=O)[C@@H](CCC(N)=O)C(=O)OCc1ccccc1. The molecular formula is C17H23NO5. The summed E-state index contributed by atoms with van der Waals surface area (Å²) in [6.45, 7) is 5.15. The van der Waals surface area contributed by atoms with Crippen molar-refractivity contribution in [1.29, 1.82) is 0 Å². The van der Waals surface area contributed by atoms with Crippen LogP contribution in [0.1, 0.15) is 39.2 Å². The van der Waals surface area contributed by atoms with Crippen molar-refractivity contribution in [1.82, 2.24) is 0 Å². The van der Waals surface area contributed by atoms with E-state index in [1.807, 2.05) is 18.2 Å². The number of primary amides is 1. The molecule has 0 unspecified atom stereocenters. The minimum Gasteiger partial charge on any atom is -0.460 e. The van der Waals surface area contributed by atoms with E-state index in [0.29, 0.717) is 0 Å². The Labute approximate surface area is 135 Å². The molecule has 0 radical (unpaired) electrons. The lowest BCUT2D eigenvalue weighted by atomic mass is 10.0. The molecule has 0 heterocycles. The number of hydrogen-bond acceptors (Lipinski definition) is 5. The van der Waals surface area contributed by atoms with Gasteiger partial charge in [-0.05, 0) is 32.8 Å². The van der Waals surface area contributed by atoms with Crippen molar-refractivity contribution in [2.45, 2.75) is 45.8 Å². The fraction of sp³-hybridized carbons (Fsp3) is 0.471. The fourth-order valence-electron chi connectivity index (χ4n) is 1.82. The first-order valence-corrected chi connectivity index (χ1v) is 7.41. The van der Waals surface area contributed by atoms with Crippen LogP contribution in [-0.4, -0.2) is 23.4 Å². The number of nitrogens with two attached hydrogens (primary N) is 1. The van der Waals surface area contributed by atoms with Gasteiger partial charge in [0.15, 0.2) is 5.92 Å². The normalized spacial score (nSPS) is 12.3. The average Bonchev–Trinajstić information content (AvgIpc) is 2.44. The van der Waals surface area contributed by atoms with E-state index in [1.54, 1.807) is 32.9 Å². The van der Waals surface area contributed by atoms with Gasteiger partial charge in [-0.25, -0.2) is 0 Å². The topological polar surface area (TPSA) is 95.7 Å². The highest BCUT2D eigenvalue weighted by Gasteiger charge is 2.32. The zero-order chi connectivity index (χ0) is 17.5. The molecular weight excluding hydrogens is 298 g/mol. The lowest BCUT2D eigenvalue weighted by molar-refractivity contribution is -0.170. The van der Waals surface area contributed by atoms with Gasteiger partial charge in [-0.1, -0.05) is 30.3 Å². The lowest BCUT2D eigenvalue weighted by Crippen LogP contribution is -2.34. The van der Waals surface area contributed by atoms with E-state index in [4.69, 9.17) is 15.2 Å².